The van der Waals surface area contributed by atoms with Crippen molar-refractivity contribution < 1.29 is 27.5 Å². The van der Waals surface area contributed by atoms with E-state index < -0.39 is 30.1 Å². The molecule has 3 aromatic rings. The number of nitrogens with zero attached hydrogens (tertiary/aromatic N) is 2. The van der Waals surface area contributed by atoms with E-state index in [1.807, 2.05) is 0 Å². The minimum atomic E-state index is -4.58. The third-order valence-corrected chi connectivity index (χ3v) is 8.04. The Kier molecular flexibility index (Phi) is 6.61. The van der Waals surface area contributed by atoms with Gasteiger partial charge in [0.1, 0.15) is 16.6 Å². The summed E-state index contributed by atoms with van der Waals surface area (Å²) in [5.41, 5.74) is 7.24. The first-order valence-corrected chi connectivity index (χ1v) is 12.8. The summed E-state index contributed by atoms with van der Waals surface area (Å²) in [6.07, 6.45) is -0.438. The lowest BCUT2D eigenvalue weighted by atomic mass is 9.97. The number of rotatable bonds is 5. The number of nitrogens with one attached hydrogen (secondary N) is 2. The maximum Gasteiger partial charge on any atom is 0.410 e. The molecule has 0 bridgehead atoms. The van der Waals surface area contributed by atoms with E-state index >= 15 is 0 Å². The number of aromatic nitrogens is 2. The molecule has 0 saturated heterocycles. The minimum absolute atomic E-state index is 0.0802. The minimum Gasteiger partial charge on any atom is -0.497 e. The molecular formula is C25H26F3N5O3S. The van der Waals surface area contributed by atoms with Gasteiger partial charge in [0.15, 0.2) is 11.7 Å². The van der Waals surface area contributed by atoms with Crippen LogP contribution in [0.5, 0.6) is 5.75 Å². The van der Waals surface area contributed by atoms with Crippen molar-refractivity contribution in [2.45, 2.75) is 56.8 Å². The molecule has 4 N–H and O–H groups in total. The monoisotopic (exact) mass is 533 g/mol. The number of carbonyl (C=O) groups is 2. The van der Waals surface area contributed by atoms with Gasteiger partial charge in [-0.05, 0) is 48.9 Å². The van der Waals surface area contributed by atoms with Crippen LogP contribution in [0.25, 0.3) is 0 Å². The second-order valence-corrected chi connectivity index (χ2v) is 10.3. The Bertz CT molecular complexity index is 1330. The van der Waals surface area contributed by atoms with Gasteiger partial charge in [0, 0.05) is 17.4 Å². The van der Waals surface area contributed by atoms with Gasteiger partial charge in [-0.15, -0.1) is 11.3 Å². The van der Waals surface area contributed by atoms with Gasteiger partial charge in [-0.2, -0.15) is 18.3 Å². The number of thiophene rings is 1. The number of primary amides is 1. The van der Waals surface area contributed by atoms with Gasteiger partial charge in [0.05, 0.1) is 18.7 Å². The lowest BCUT2D eigenvalue weighted by Gasteiger charge is -2.33. The number of aryl methyl sites for hydroxylation is 1. The quantitative estimate of drug-likeness (QED) is 0.389. The average Bonchev–Trinajstić information content (AvgIpc) is 3.36. The van der Waals surface area contributed by atoms with E-state index in [2.05, 4.69) is 15.7 Å². The molecule has 1 aliphatic carbocycles. The lowest BCUT2D eigenvalue weighted by molar-refractivity contribution is -0.173. The third-order valence-electron chi connectivity index (χ3n) is 6.84. The number of alkyl halides is 3. The van der Waals surface area contributed by atoms with Crippen molar-refractivity contribution in [1.29, 1.82) is 0 Å². The standard InChI is InChI=1S/C25H26F3N5O3S/c1-36-14-9-7-13(8-10-14)16-11-19(25(26,27)28)33-20(30-16)12-17(32-33)23(35)31-24-21(22(29)34)15-5-3-2-4-6-18(15)37-24/h7-10,12,16,19,30H,2-6,11H2,1H3,(H2,29,34)(H,31,35)/t16-,19+/m1/s1. The van der Waals surface area contributed by atoms with E-state index in [-0.39, 0.29) is 23.5 Å². The van der Waals surface area contributed by atoms with Gasteiger partial charge in [-0.3, -0.25) is 9.59 Å². The number of halogens is 3. The second kappa shape index (κ2) is 9.73. The van der Waals surface area contributed by atoms with Crippen LogP contribution in [0.15, 0.2) is 30.3 Å². The predicted octanol–water partition coefficient (Wildman–Crippen LogP) is 5.23. The molecule has 2 aromatic heterocycles. The molecule has 37 heavy (non-hydrogen) atoms. The molecule has 0 unspecified atom stereocenters. The van der Waals surface area contributed by atoms with E-state index in [1.54, 1.807) is 24.3 Å². The molecule has 12 heteroatoms. The third kappa shape index (κ3) is 4.89. The first-order chi connectivity index (χ1) is 17.7. The van der Waals surface area contributed by atoms with Crippen molar-refractivity contribution in [3.63, 3.8) is 0 Å². The SMILES string of the molecule is COc1ccc([C@H]2C[C@@H](C(F)(F)F)n3nc(C(=O)Nc4sc5c(c4C(N)=O)CCCCC5)cc3N2)cc1. The van der Waals surface area contributed by atoms with Crippen molar-refractivity contribution in [2.75, 3.05) is 17.7 Å². The van der Waals surface area contributed by atoms with Crippen LogP contribution in [0.3, 0.4) is 0 Å². The summed E-state index contributed by atoms with van der Waals surface area (Å²) in [4.78, 5) is 26.3. The fourth-order valence-electron chi connectivity index (χ4n) is 5.00. The van der Waals surface area contributed by atoms with Crippen molar-refractivity contribution in [3.05, 3.63) is 57.6 Å². The number of nitrogens with two attached hydrogens (primary N) is 1. The molecule has 0 spiro atoms. The molecular weight excluding hydrogens is 507 g/mol. The molecule has 1 aromatic carbocycles. The van der Waals surface area contributed by atoms with Crippen LogP contribution in [-0.2, 0) is 12.8 Å². The molecule has 196 valence electrons. The first-order valence-electron chi connectivity index (χ1n) is 12.0. The summed E-state index contributed by atoms with van der Waals surface area (Å²) in [7, 11) is 1.51. The Balaban J connectivity index is 1.44. The molecule has 3 heterocycles. The summed E-state index contributed by atoms with van der Waals surface area (Å²) < 4.78 is 48.0. The van der Waals surface area contributed by atoms with Gasteiger partial charge < -0.3 is 21.1 Å². The molecule has 0 radical (unpaired) electrons. The summed E-state index contributed by atoms with van der Waals surface area (Å²) >= 11 is 1.29. The zero-order valence-corrected chi connectivity index (χ0v) is 20.8. The summed E-state index contributed by atoms with van der Waals surface area (Å²) in [6.45, 7) is 0. The van der Waals surface area contributed by atoms with Crippen LogP contribution in [-0.4, -0.2) is 34.9 Å². The first kappa shape index (κ1) is 25.1. The average molecular weight is 534 g/mol. The highest BCUT2D eigenvalue weighted by Crippen LogP contribution is 2.44. The largest absolute Gasteiger partial charge is 0.497 e. The Labute approximate surface area is 215 Å². The van der Waals surface area contributed by atoms with E-state index in [0.717, 1.165) is 40.8 Å². The molecule has 1 aliphatic heterocycles. The fraction of sp³-hybridized carbons (Fsp3) is 0.400. The number of hydrogen-bond donors (Lipinski definition) is 3. The molecule has 8 nitrogen and oxygen atoms in total. The van der Waals surface area contributed by atoms with Crippen molar-refractivity contribution in [2.24, 2.45) is 5.73 Å². The van der Waals surface area contributed by atoms with Crippen LogP contribution >= 0.6 is 11.3 Å². The van der Waals surface area contributed by atoms with E-state index in [4.69, 9.17) is 10.5 Å². The Hall–Kier alpha value is -3.54. The van der Waals surface area contributed by atoms with Gasteiger partial charge in [-0.25, -0.2) is 4.68 Å². The highest BCUT2D eigenvalue weighted by Gasteiger charge is 2.47. The number of ether oxygens (including phenoxy) is 1. The molecule has 2 aliphatic rings. The van der Waals surface area contributed by atoms with Gasteiger partial charge in [-0.1, -0.05) is 18.6 Å². The number of carbonyl (C=O) groups excluding carboxylic acids is 2. The number of anilines is 2. The molecule has 2 atom stereocenters. The molecule has 2 amide bonds. The normalized spacial score (nSPS) is 19.2. The van der Waals surface area contributed by atoms with Crippen LogP contribution in [0, 0.1) is 0 Å². The Morgan fingerprint density at radius 2 is 1.92 bits per heavy atom. The number of fused-ring (bicyclic) bond motifs is 2. The van der Waals surface area contributed by atoms with Gasteiger partial charge in [0.25, 0.3) is 11.8 Å². The number of amides is 2. The number of benzene rings is 1. The van der Waals surface area contributed by atoms with Gasteiger partial charge >= 0.3 is 6.18 Å². The Morgan fingerprint density at radius 1 is 1.19 bits per heavy atom. The smallest absolute Gasteiger partial charge is 0.410 e. The second-order valence-electron chi connectivity index (χ2n) is 9.21. The van der Waals surface area contributed by atoms with E-state index in [0.29, 0.717) is 22.7 Å². The van der Waals surface area contributed by atoms with Crippen molar-refractivity contribution in [1.82, 2.24) is 9.78 Å². The van der Waals surface area contributed by atoms with Gasteiger partial charge in [0.2, 0.25) is 0 Å². The van der Waals surface area contributed by atoms with Crippen LogP contribution < -0.4 is 21.1 Å². The predicted molar refractivity (Wildman–Crippen MR) is 133 cm³/mol. The molecule has 0 saturated carbocycles. The fourth-order valence-corrected chi connectivity index (χ4v) is 6.29. The van der Waals surface area contributed by atoms with Crippen LogP contribution in [0.2, 0.25) is 0 Å². The van der Waals surface area contributed by atoms with E-state index in [1.165, 1.54) is 24.5 Å². The topological polar surface area (TPSA) is 111 Å². The van der Waals surface area contributed by atoms with Crippen LogP contribution in [0.4, 0.5) is 24.0 Å². The maximum atomic E-state index is 14.0. The number of methoxy groups -OCH3 is 1. The van der Waals surface area contributed by atoms with E-state index in [9.17, 15) is 22.8 Å². The van der Waals surface area contributed by atoms with Crippen LogP contribution in [0.1, 0.15) is 74.6 Å². The van der Waals surface area contributed by atoms with Crippen molar-refractivity contribution >= 4 is 34.0 Å². The highest BCUT2D eigenvalue weighted by molar-refractivity contribution is 7.17. The Morgan fingerprint density at radius 3 is 2.59 bits per heavy atom. The van der Waals surface area contributed by atoms with Crippen molar-refractivity contribution in [3.8, 4) is 5.75 Å². The summed E-state index contributed by atoms with van der Waals surface area (Å²) in [5, 5.41) is 10.1. The summed E-state index contributed by atoms with van der Waals surface area (Å²) in [6, 6.07) is 5.51. The zero-order valence-electron chi connectivity index (χ0n) is 20.0. The lowest BCUT2D eigenvalue weighted by Crippen LogP contribution is -2.35. The summed E-state index contributed by atoms with van der Waals surface area (Å²) in [5.74, 6) is -0.668. The molecule has 5 rings (SSSR count). The highest BCUT2D eigenvalue weighted by atomic mass is 32.1. The molecule has 0 fully saturated rings. The maximum absolute atomic E-state index is 14.0. The zero-order chi connectivity index (χ0) is 26.3. The number of hydrogen-bond acceptors (Lipinski definition) is 6.